The summed E-state index contributed by atoms with van der Waals surface area (Å²) in [4.78, 5) is 32.0. The van der Waals surface area contributed by atoms with Crippen LogP contribution >= 0.6 is 0 Å². The number of benzene rings is 2. The third-order valence-corrected chi connectivity index (χ3v) is 5.22. The molecule has 1 atom stereocenters. The molecule has 1 fully saturated rings. The van der Waals surface area contributed by atoms with Crippen molar-refractivity contribution in [1.82, 2.24) is 4.98 Å². The molecule has 1 aliphatic heterocycles. The zero-order valence-electron chi connectivity index (χ0n) is 17.1. The topological polar surface area (TPSA) is 70.5 Å². The van der Waals surface area contributed by atoms with Gasteiger partial charge in [-0.3, -0.25) is 19.5 Å². The first-order valence-corrected chi connectivity index (χ1v) is 9.74. The van der Waals surface area contributed by atoms with Crippen LogP contribution in [0.4, 0.5) is 5.69 Å². The number of pyridine rings is 1. The normalized spacial score (nSPS) is 18.1. The van der Waals surface area contributed by atoms with Gasteiger partial charge in [0.15, 0.2) is 0 Å². The molecule has 1 unspecified atom stereocenters. The van der Waals surface area contributed by atoms with Gasteiger partial charge >= 0.3 is 0 Å². The lowest BCUT2D eigenvalue weighted by Gasteiger charge is -2.25. The van der Waals surface area contributed by atoms with Crippen LogP contribution in [-0.4, -0.2) is 21.8 Å². The van der Waals surface area contributed by atoms with E-state index in [1.165, 1.54) is 4.90 Å². The molecule has 2 aromatic carbocycles. The Morgan fingerprint density at radius 1 is 0.900 bits per heavy atom. The Kier molecular flexibility index (Phi) is 4.96. The molecule has 1 amide bonds. The van der Waals surface area contributed by atoms with Gasteiger partial charge in [0.05, 0.1) is 11.3 Å². The average Bonchev–Trinajstić information content (AvgIpc) is 2.99. The Bertz CT molecular complexity index is 1140. The number of rotatable bonds is 3. The highest BCUT2D eigenvalue weighted by molar-refractivity contribution is 6.51. The maximum absolute atomic E-state index is 13.1. The number of aliphatic hydroxyl groups excluding tert-OH is 1. The molecule has 1 saturated heterocycles. The largest absolute Gasteiger partial charge is 0.507 e. The summed E-state index contributed by atoms with van der Waals surface area (Å²) in [7, 11) is 0. The lowest BCUT2D eigenvalue weighted by Crippen LogP contribution is -2.30. The second kappa shape index (κ2) is 7.59. The van der Waals surface area contributed by atoms with Crippen LogP contribution in [-0.2, 0) is 9.59 Å². The molecule has 0 bridgehead atoms. The predicted molar refractivity (Wildman–Crippen MR) is 116 cm³/mol. The molecule has 0 saturated carbocycles. The van der Waals surface area contributed by atoms with Crippen molar-refractivity contribution in [3.05, 3.63) is 100 Å². The number of hydrogen-bond donors (Lipinski definition) is 1. The van der Waals surface area contributed by atoms with E-state index in [9.17, 15) is 14.7 Å². The molecule has 3 aromatic rings. The third kappa shape index (κ3) is 3.39. The second-order valence-electron chi connectivity index (χ2n) is 7.64. The van der Waals surface area contributed by atoms with Gasteiger partial charge in [-0.1, -0.05) is 42.0 Å². The van der Waals surface area contributed by atoms with Crippen molar-refractivity contribution < 1.29 is 14.7 Å². The van der Waals surface area contributed by atoms with E-state index >= 15 is 0 Å². The predicted octanol–water partition coefficient (Wildman–Crippen LogP) is 4.63. The number of Topliss-reactive ketones (excluding diaryl/α,β-unsaturated/α-hetero) is 1. The number of nitrogens with zero attached hydrogens (tertiary/aromatic N) is 2. The summed E-state index contributed by atoms with van der Waals surface area (Å²) < 4.78 is 0. The number of carbonyl (C=O) groups excluding carboxylic acids is 2. The minimum atomic E-state index is -0.811. The average molecular weight is 398 g/mol. The van der Waals surface area contributed by atoms with Gasteiger partial charge in [-0.25, -0.2) is 0 Å². The van der Waals surface area contributed by atoms with Crippen LogP contribution < -0.4 is 4.90 Å². The first-order valence-electron chi connectivity index (χ1n) is 9.74. The summed E-state index contributed by atoms with van der Waals surface area (Å²) in [6.07, 6.45) is 1.61. The van der Waals surface area contributed by atoms with Gasteiger partial charge in [-0.05, 0) is 56.2 Å². The van der Waals surface area contributed by atoms with E-state index in [0.29, 0.717) is 16.9 Å². The molecular weight excluding hydrogens is 376 g/mol. The lowest BCUT2D eigenvalue weighted by atomic mass is 9.97. The fraction of sp³-hybridized carbons (Fsp3) is 0.160. The van der Waals surface area contributed by atoms with E-state index in [1.54, 1.807) is 36.5 Å². The Morgan fingerprint density at radius 3 is 2.17 bits per heavy atom. The number of ketones is 1. The molecule has 4 rings (SSSR count). The molecule has 5 heteroatoms. The Hall–Kier alpha value is -3.73. The van der Waals surface area contributed by atoms with Crippen LogP contribution in [0.1, 0.15) is 34.0 Å². The van der Waals surface area contributed by atoms with E-state index in [4.69, 9.17) is 0 Å². The fourth-order valence-electron chi connectivity index (χ4n) is 3.87. The molecule has 0 radical (unpaired) electrons. The highest BCUT2D eigenvalue weighted by Crippen LogP contribution is 2.41. The van der Waals surface area contributed by atoms with Crippen LogP contribution in [0.3, 0.4) is 0 Å². The smallest absolute Gasteiger partial charge is 0.300 e. The number of aromatic nitrogens is 1. The first kappa shape index (κ1) is 19.6. The maximum Gasteiger partial charge on any atom is 0.300 e. The van der Waals surface area contributed by atoms with Crippen molar-refractivity contribution in [2.45, 2.75) is 26.8 Å². The van der Waals surface area contributed by atoms with Gasteiger partial charge in [0.1, 0.15) is 11.8 Å². The molecule has 150 valence electrons. The van der Waals surface area contributed by atoms with Gasteiger partial charge in [-0.2, -0.15) is 0 Å². The molecule has 1 aliphatic rings. The van der Waals surface area contributed by atoms with E-state index < -0.39 is 17.7 Å². The standard InChI is InChI=1S/C25H22N2O3/c1-15-7-9-18(10-8-15)23(28)21-22(20-6-4-5-11-26-20)27(25(30)24(21)29)19-13-16(2)12-17(3)14-19/h4-14,22,28H,1-3H3/b23-21+. The quantitative estimate of drug-likeness (QED) is 0.397. The zero-order valence-corrected chi connectivity index (χ0v) is 17.1. The van der Waals surface area contributed by atoms with Crippen molar-refractivity contribution in [3.63, 3.8) is 0 Å². The van der Waals surface area contributed by atoms with Gasteiger partial charge in [0.2, 0.25) is 0 Å². The van der Waals surface area contributed by atoms with E-state index in [-0.39, 0.29) is 11.3 Å². The van der Waals surface area contributed by atoms with Crippen molar-refractivity contribution in [2.24, 2.45) is 0 Å². The summed E-state index contributed by atoms with van der Waals surface area (Å²) in [6, 6.07) is 17.4. The van der Waals surface area contributed by atoms with E-state index in [0.717, 1.165) is 16.7 Å². The maximum atomic E-state index is 13.1. The number of hydrogen-bond acceptors (Lipinski definition) is 4. The van der Waals surface area contributed by atoms with Gasteiger partial charge < -0.3 is 5.11 Å². The van der Waals surface area contributed by atoms with Crippen molar-refractivity contribution in [2.75, 3.05) is 4.90 Å². The third-order valence-electron chi connectivity index (χ3n) is 5.22. The molecule has 0 aliphatic carbocycles. The van der Waals surface area contributed by atoms with Gasteiger partial charge in [0.25, 0.3) is 11.7 Å². The lowest BCUT2D eigenvalue weighted by molar-refractivity contribution is -0.132. The molecule has 2 heterocycles. The number of aliphatic hydroxyl groups is 1. The molecule has 1 aromatic heterocycles. The van der Waals surface area contributed by atoms with Crippen LogP contribution in [0.2, 0.25) is 0 Å². The Labute approximate surface area is 175 Å². The van der Waals surface area contributed by atoms with Crippen molar-refractivity contribution in [1.29, 1.82) is 0 Å². The highest BCUT2D eigenvalue weighted by atomic mass is 16.3. The summed E-state index contributed by atoms with van der Waals surface area (Å²) in [5.41, 5.74) is 4.64. The molecule has 0 spiro atoms. The number of amides is 1. The summed E-state index contributed by atoms with van der Waals surface area (Å²) in [6.45, 7) is 5.82. The SMILES string of the molecule is Cc1ccc(/C(O)=C2\C(=O)C(=O)N(c3cc(C)cc(C)c3)C2c2ccccn2)cc1. The van der Waals surface area contributed by atoms with E-state index in [2.05, 4.69) is 4.98 Å². The molecule has 1 N–H and O–H groups in total. The van der Waals surface area contributed by atoms with Crippen LogP contribution in [0.5, 0.6) is 0 Å². The van der Waals surface area contributed by atoms with Crippen molar-refractivity contribution in [3.8, 4) is 0 Å². The molecule has 5 nitrogen and oxygen atoms in total. The molecular formula is C25H22N2O3. The van der Waals surface area contributed by atoms with Gasteiger partial charge in [0, 0.05) is 17.4 Å². The summed E-state index contributed by atoms with van der Waals surface area (Å²) in [5, 5.41) is 11.1. The second-order valence-corrected chi connectivity index (χ2v) is 7.64. The number of anilines is 1. The summed E-state index contributed by atoms with van der Waals surface area (Å²) >= 11 is 0. The zero-order chi connectivity index (χ0) is 21.4. The Morgan fingerprint density at radius 2 is 1.57 bits per heavy atom. The fourth-order valence-corrected chi connectivity index (χ4v) is 3.87. The van der Waals surface area contributed by atoms with Gasteiger partial charge in [-0.15, -0.1) is 0 Å². The Balaban J connectivity index is 1.96. The minimum Gasteiger partial charge on any atom is -0.507 e. The van der Waals surface area contributed by atoms with Crippen molar-refractivity contribution >= 4 is 23.1 Å². The minimum absolute atomic E-state index is 0.0433. The monoisotopic (exact) mass is 398 g/mol. The van der Waals surface area contributed by atoms with E-state index in [1.807, 2.05) is 51.1 Å². The first-order chi connectivity index (χ1) is 14.4. The molecule has 30 heavy (non-hydrogen) atoms. The van der Waals surface area contributed by atoms with Crippen LogP contribution in [0, 0.1) is 20.8 Å². The summed E-state index contributed by atoms with van der Waals surface area (Å²) in [5.74, 6) is -1.59. The highest BCUT2D eigenvalue weighted by Gasteiger charge is 2.47. The number of carbonyl (C=O) groups is 2. The van der Waals surface area contributed by atoms with Crippen LogP contribution in [0.25, 0.3) is 5.76 Å². The van der Waals surface area contributed by atoms with Crippen LogP contribution in [0.15, 0.2) is 72.4 Å². The number of aryl methyl sites for hydroxylation is 3.